The molecule has 0 nitrogen and oxygen atoms in total. The molecule has 0 saturated heterocycles. The second kappa shape index (κ2) is 22.2. The molecule has 0 aliphatic heterocycles. The fourth-order valence-electron chi connectivity index (χ4n) is 10.5. The molecular weight excluding hydrogens is 863 g/mol. The molecule has 0 spiro atoms. The Morgan fingerprint density at radius 2 is 0.800 bits per heavy atom. The monoisotopic (exact) mass is 922 g/mol. The summed E-state index contributed by atoms with van der Waals surface area (Å²) in [4.78, 5) is 0. The van der Waals surface area contributed by atoms with Crippen molar-refractivity contribution in [1.82, 2.24) is 0 Å². The summed E-state index contributed by atoms with van der Waals surface area (Å²) >= 11 is 1.36. The number of fused-ring (bicyclic) bond motifs is 4. The van der Waals surface area contributed by atoms with E-state index in [0.29, 0.717) is 10.8 Å². The molecule has 2 radical (unpaired) electrons. The molecule has 2 fully saturated rings. The van der Waals surface area contributed by atoms with E-state index in [2.05, 4.69) is 166 Å². The molecule has 0 N–H and O–H groups in total. The van der Waals surface area contributed by atoms with E-state index in [1.165, 1.54) is 177 Å². The third-order valence-electron chi connectivity index (χ3n) is 13.3. The van der Waals surface area contributed by atoms with Crippen LogP contribution in [0.15, 0.2) is 146 Å². The first kappa shape index (κ1) is 49.4. The van der Waals surface area contributed by atoms with Crippen LogP contribution >= 0.6 is 24.8 Å². The van der Waals surface area contributed by atoms with Gasteiger partial charge in [0.25, 0.3) is 0 Å². The number of rotatable bonds is 10. The Hall–Kier alpha value is -3.26. The summed E-state index contributed by atoms with van der Waals surface area (Å²) in [5.74, 6) is 0. The van der Waals surface area contributed by atoms with Gasteiger partial charge in [-0.05, 0) is 94.9 Å². The molecule has 60 heavy (non-hydrogen) atoms. The average molecular weight is 925 g/mol. The van der Waals surface area contributed by atoms with E-state index in [-0.39, 0.29) is 39.7 Å². The summed E-state index contributed by atoms with van der Waals surface area (Å²) in [7, 11) is 0. The van der Waals surface area contributed by atoms with Crippen molar-refractivity contribution in [3.8, 4) is 22.3 Å². The van der Waals surface area contributed by atoms with E-state index in [1.807, 2.05) is 0 Å². The molecule has 4 heteroatoms. The van der Waals surface area contributed by atoms with Crippen molar-refractivity contribution in [2.45, 2.75) is 90.9 Å². The molecule has 8 aromatic rings. The zero-order valence-electron chi connectivity index (χ0n) is 36.2. The van der Waals surface area contributed by atoms with Crippen molar-refractivity contribution >= 4 is 74.8 Å². The van der Waals surface area contributed by atoms with Crippen LogP contribution in [0.4, 0.5) is 0 Å². The number of halogens is 2. The van der Waals surface area contributed by atoms with Gasteiger partial charge in [-0.25, -0.2) is 0 Å². The predicted octanol–water partition coefficient (Wildman–Crippen LogP) is 17.1. The van der Waals surface area contributed by atoms with Crippen molar-refractivity contribution in [2.24, 2.45) is 10.8 Å². The first-order valence-corrected chi connectivity index (χ1v) is 25.3. The summed E-state index contributed by atoms with van der Waals surface area (Å²) in [6, 6.07) is 54.2. The van der Waals surface area contributed by atoms with Crippen molar-refractivity contribution < 1.29 is 23.3 Å². The second-order valence-electron chi connectivity index (χ2n) is 17.0. The molecule has 0 aromatic heterocycles. The molecule has 0 heterocycles. The average Bonchev–Trinajstić information content (AvgIpc) is 3.83. The zero-order chi connectivity index (χ0) is 38.5. The molecular formula is C56H62Cl2SiZr-4. The molecule has 0 amide bonds. The van der Waals surface area contributed by atoms with E-state index in [1.54, 1.807) is 0 Å². The molecule has 10 rings (SSSR count). The minimum atomic E-state index is 0. The van der Waals surface area contributed by atoms with Gasteiger partial charge in [0.15, 0.2) is 0 Å². The Kier molecular flexibility index (Phi) is 18.3. The molecule has 312 valence electrons. The first-order chi connectivity index (χ1) is 27.6. The van der Waals surface area contributed by atoms with E-state index < -0.39 is 0 Å². The third kappa shape index (κ3) is 10.2. The standard InChI is InChI=1S/2C27H27.2CH3.2ClH.Si.Zr/c2*1-2-14-27(15-7-16-27)19-20-17-22-10-6-13-25(26(22)18-20)24-12-5-9-21-8-3-4-11-23(21)24;;;;;;/h2*3-6,8-13,17-18H,2,7,14-16,19H2,1H3;2*1H3;2*1H;;/q4*-1;;;;. The summed E-state index contributed by atoms with van der Waals surface area (Å²) in [6.07, 6.45) is 16.4. The molecule has 0 unspecified atom stereocenters. The van der Waals surface area contributed by atoms with Gasteiger partial charge in [0, 0.05) is 0 Å². The van der Waals surface area contributed by atoms with Crippen molar-refractivity contribution in [2.75, 3.05) is 0 Å². The van der Waals surface area contributed by atoms with Crippen molar-refractivity contribution in [3.05, 3.63) is 172 Å². The van der Waals surface area contributed by atoms with Crippen molar-refractivity contribution in [1.29, 1.82) is 0 Å². The van der Waals surface area contributed by atoms with Gasteiger partial charge < -0.3 is 14.9 Å². The summed E-state index contributed by atoms with van der Waals surface area (Å²) in [5.41, 5.74) is 9.67. The van der Waals surface area contributed by atoms with Crippen LogP contribution in [0.2, 0.25) is 0 Å². The first-order valence-electron chi connectivity index (χ1n) is 21.1. The number of benzene rings is 6. The van der Waals surface area contributed by atoms with Crippen LogP contribution < -0.4 is 0 Å². The molecule has 8 aromatic carbocycles. The van der Waals surface area contributed by atoms with Gasteiger partial charge in [0.1, 0.15) is 0 Å². The maximum atomic E-state index is 3.06. The van der Waals surface area contributed by atoms with Gasteiger partial charge in [-0.1, -0.05) is 148 Å². The van der Waals surface area contributed by atoms with Gasteiger partial charge in [-0.3, -0.25) is 0 Å². The SMILES string of the molecule is CCCC1(Cc2cc3c(-c4cccc5ccccc45)cccc3[cH-]2)CCC1.CCCC1(Cc2cc3c(-c4cccc5ccccc45)cccc3[cH-]2)CCC1.Cl.Cl.[CH3-].[CH3-].[Si]=[Zr]. The maximum absolute atomic E-state index is 3.06. The Balaban J connectivity index is 0.000000239. The molecule has 0 bridgehead atoms. The summed E-state index contributed by atoms with van der Waals surface area (Å²) in [6.45, 7) is 7.73. The van der Waals surface area contributed by atoms with Crippen molar-refractivity contribution in [3.63, 3.8) is 0 Å². The van der Waals surface area contributed by atoms with Gasteiger partial charge in [-0.2, -0.15) is 12.1 Å². The topological polar surface area (TPSA) is 0 Å². The van der Waals surface area contributed by atoms with Crippen LogP contribution in [-0.4, -0.2) is 6.88 Å². The second-order valence-corrected chi connectivity index (χ2v) is 17.0. The quantitative estimate of drug-likeness (QED) is 0.0947. The van der Waals surface area contributed by atoms with Gasteiger partial charge in [0.2, 0.25) is 0 Å². The van der Waals surface area contributed by atoms with E-state index in [4.69, 9.17) is 0 Å². The normalized spacial score (nSPS) is 14.3. The van der Waals surface area contributed by atoms with E-state index in [0.717, 1.165) is 0 Å². The Bertz CT molecular complexity index is 2400. The molecule has 2 aliphatic rings. The zero-order valence-corrected chi connectivity index (χ0v) is 41.2. The van der Waals surface area contributed by atoms with Crippen LogP contribution in [0.3, 0.4) is 0 Å². The third-order valence-corrected chi connectivity index (χ3v) is 13.3. The van der Waals surface area contributed by atoms with Gasteiger partial charge >= 0.3 is 30.2 Å². The Morgan fingerprint density at radius 3 is 1.15 bits per heavy atom. The molecule has 2 saturated carbocycles. The van der Waals surface area contributed by atoms with Crippen LogP contribution in [-0.2, 0) is 36.2 Å². The summed E-state index contributed by atoms with van der Waals surface area (Å²) in [5, 5.41) is 10.9. The van der Waals surface area contributed by atoms with Gasteiger partial charge in [-0.15, -0.1) is 93.9 Å². The fraction of sp³-hybridized carbons (Fsp3) is 0.286. The van der Waals surface area contributed by atoms with Crippen LogP contribution in [0.1, 0.15) is 89.2 Å². The molecule has 0 atom stereocenters. The Labute approximate surface area is 390 Å². The summed E-state index contributed by atoms with van der Waals surface area (Å²) < 4.78 is 0. The van der Waals surface area contributed by atoms with Crippen LogP contribution in [0.5, 0.6) is 0 Å². The van der Waals surface area contributed by atoms with E-state index >= 15 is 0 Å². The number of hydrogen-bond acceptors (Lipinski definition) is 0. The van der Waals surface area contributed by atoms with Crippen LogP contribution in [0.25, 0.3) is 65.3 Å². The van der Waals surface area contributed by atoms with Crippen LogP contribution in [0, 0.1) is 25.7 Å². The van der Waals surface area contributed by atoms with Gasteiger partial charge in [0.05, 0.1) is 0 Å². The fourth-order valence-corrected chi connectivity index (χ4v) is 10.5. The minimum absolute atomic E-state index is 0. The number of hydrogen-bond donors (Lipinski definition) is 0. The predicted molar refractivity (Wildman–Crippen MR) is 268 cm³/mol. The van der Waals surface area contributed by atoms with E-state index in [9.17, 15) is 0 Å². The molecule has 2 aliphatic carbocycles. The Morgan fingerprint density at radius 1 is 0.467 bits per heavy atom.